The smallest absolute Gasteiger partial charge is 0.0413 e. The van der Waals surface area contributed by atoms with Crippen LogP contribution in [0.1, 0.15) is 5.69 Å². The molecule has 4 heteroatoms. The van der Waals surface area contributed by atoms with Crippen LogP contribution in [0.25, 0.3) is 0 Å². The fourth-order valence-corrected chi connectivity index (χ4v) is 3.20. The van der Waals surface area contributed by atoms with Crippen molar-refractivity contribution < 1.29 is 0 Å². The SMILES string of the molecule is NC1CSCC1Cc1ccc(Br)cn1. The third-order valence-electron chi connectivity index (χ3n) is 2.51. The van der Waals surface area contributed by atoms with E-state index < -0.39 is 0 Å². The first-order valence-electron chi connectivity index (χ1n) is 4.69. The average molecular weight is 273 g/mol. The standard InChI is InChI=1S/C10H13BrN2S/c11-8-1-2-9(13-4-8)3-7-5-14-6-10(7)12/h1-2,4,7,10H,3,5-6,12H2. The maximum absolute atomic E-state index is 6.00. The van der Waals surface area contributed by atoms with Crippen LogP contribution in [0.15, 0.2) is 22.8 Å². The molecule has 0 spiro atoms. The fraction of sp³-hybridized carbons (Fsp3) is 0.500. The van der Waals surface area contributed by atoms with Crippen LogP contribution in [0.2, 0.25) is 0 Å². The van der Waals surface area contributed by atoms with E-state index in [0.29, 0.717) is 12.0 Å². The Morgan fingerprint density at radius 1 is 1.50 bits per heavy atom. The fourth-order valence-electron chi connectivity index (χ4n) is 1.62. The van der Waals surface area contributed by atoms with Gasteiger partial charge in [-0.3, -0.25) is 4.98 Å². The molecular weight excluding hydrogens is 260 g/mol. The number of nitrogens with zero attached hydrogens (tertiary/aromatic N) is 1. The molecule has 0 aliphatic carbocycles. The zero-order valence-electron chi connectivity index (χ0n) is 7.82. The van der Waals surface area contributed by atoms with Gasteiger partial charge in [0.25, 0.3) is 0 Å². The second-order valence-corrected chi connectivity index (χ2v) is 5.62. The molecule has 14 heavy (non-hydrogen) atoms. The van der Waals surface area contributed by atoms with E-state index in [4.69, 9.17) is 5.73 Å². The van der Waals surface area contributed by atoms with Crippen molar-refractivity contribution in [2.24, 2.45) is 11.7 Å². The van der Waals surface area contributed by atoms with Gasteiger partial charge >= 0.3 is 0 Å². The van der Waals surface area contributed by atoms with Crippen LogP contribution in [0.4, 0.5) is 0 Å². The van der Waals surface area contributed by atoms with Crippen molar-refractivity contribution in [3.8, 4) is 0 Å². The summed E-state index contributed by atoms with van der Waals surface area (Å²) >= 11 is 5.33. The van der Waals surface area contributed by atoms with Gasteiger partial charge in [0.05, 0.1) is 0 Å². The van der Waals surface area contributed by atoms with Gasteiger partial charge in [-0.2, -0.15) is 11.8 Å². The van der Waals surface area contributed by atoms with E-state index in [9.17, 15) is 0 Å². The summed E-state index contributed by atoms with van der Waals surface area (Å²) in [6, 6.07) is 4.46. The molecular formula is C10H13BrN2S. The van der Waals surface area contributed by atoms with Crippen molar-refractivity contribution >= 4 is 27.7 Å². The molecule has 1 aliphatic heterocycles. The van der Waals surface area contributed by atoms with Crippen LogP contribution in [-0.2, 0) is 6.42 Å². The predicted molar refractivity (Wildman–Crippen MR) is 64.4 cm³/mol. The van der Waals surface area contributed by atoms with Crippen LogP contribution in [0.3, 0.4) is 0 Å². The lowest BCUT2D eigenvalue weighted by molar-refractivity contribution is 0.509. The molecule has 0 radical (unpaired) electrons. The molecule has 2 unspecified atom stereocenters. The number of aromatic nitrogens is 1. The lowest BCUT2D eigenvalue weighted by atomic mass is 9.98. The van der Waals surface area contributed by atoms with Crippen molar-refractivity contribution in [2.75, 3.05) is 11.5 Å². The summed E-state index contributed by atoms with van der Waals surface area (Å²) in [4.78, 5) is 4.36. The summed E-state index contributed by atoms with van der Waals surface area (Å²) in [5, 5.41) is 0. The number of nitrogens with two attached hydrogens (primary N) is 1. The lowest BCUT2D eigenvalue weighted by Gasteiger charge is -2.13. The average Bonchev–Trinajstić information content (AvgIpc) is 2.56. The first-order chi connectivity index (χ1) is 6.75. The van der Waals surface area contributed by atoms with E-state index in [1.807, 2.05) is 24.0 Å². The van der Waals surface area contributed by atoms with Crippen molar-refractivity contribution in [1.29, 1.82) is 0 Å². The summed E-state index contributed by atoms with van der Waals surface area (Å²) < 4.78 is 1.03. The van der Waals surface area contributed by atoms with Crippen LogP contribution >= 0.6 is 27.7 Å². The largest absolute Gasteiger partial charge is 0.327 e. The minimum Gasteiger partial charge on any atom is -0.327 e. The molecule has 76 valence electrons. The highest BCUT2D eigenvalue weighted by molar-refractivity contribution is 9.10. The van der Waals surface area contributed by atoms with E-state index in [2.05, 4.69) is 27.0 Å². The molecule has 1 aliphatic rings. The number of hydrogen-bond acceptors (Lipinski definition) is 3. The van der Waals surface area contributed by atoms with Crippen LogP contribution in [-0.4, -0.2) is 22.5 Å². The minimum absolute atomic E-state index is 0.352. The van der Waals surface area contributed by atoms with Crippen molar-refractivity contribution in [1.82, 2.24) is 4.98 Å². The molecule has 1 saturated heterocycles. The zero-order valence-corrected chi connectivity index (χ0v) is 10.2. The van der Waals surface area contributed by atoms with Gasteiger partial charge in [-0.25, -0.2) is 0 Å². The maximum atomic E-state index is 6.00. The van der Waals surface area contributed by atoms with E-state index in [1.165, 1.54) is 5.75 Å². The highest BCUT2D eigenvalue weighted by Crippen LogP contribution is 2.25. The van der Waals surface area contributed by atoms with E-state index >= 15 is 0 Å². The number of halogens is 1. The predicted octanol–water partition coefficient (Wildman–Crippen LogP) is 2.08. The quantitative estimate of drug-likeness (QED) is 0.896. The summed E-state index contributed by atoms with van der Waals surface area (Å²) in [6.45, 7) is 0. The molecule has 2 N–H and O–H groups in total. The molecule has 1 fully saturated rings. The Morgan fingerprint density at radius 3 is 2.93 bits per heavy atom. The number of thioether (sulfide) groups is 1. The summed E-state index contributed by atoms with van der Waals surface area (Å²) in [5.41, 5.74) is 7.15. The number of pyridine rings is 1. The second-order valence-electron chi connectivity index (χ2n) is 3.63. The molecule has 0 amide bonds. The summed E-state index contributed by atoms with van der Waals surface area (Å²) in [6.07, 6.45) is 2.87. The highest BCUT2D eigenvalue weighted by atomic mass is 79.9. The normalized spacial score (nSPS) is 26.7. The molecule has 0 saturated carbocycles. The first-order valence-corrected chi connectivity index (χ1v) is 6.64. The van der Waals surface area contributed by atoms with Crippen molar-refractivity contribution in [2.45, 2.75) is 12.5 Å². The second kappa shape index (κ2) is 4.64. The monoisotopic (exact) mass is 272 g/mol. The Bertz CT molecular complexity index is 301. The van der Waals surface area contributed by atoms with Crippen LogP contribution in [0, 0.1) is 5.92 Å². The molecule has 1 aromatic heterocycles. The molecule has 1 aromatic rings. The van der Waals surface area contributed by atoms with Gasteiger partial charge < -0.3 is 5.73 Å². The van der Waals surface area contributed by atoms with Gasteiger partial charge in [0.15, 0.2) is 0 Å². The third kappa shape index (κ3) is 2.49. The van der Waals surface area contributed by atoms with Gasteiger partial charge in [-0.05, 0) is 46.2 Å². The van der Waals surface area contributed by atoms with E-state index in [0.717, 1.165) is 22.3 Å². The zero-order chi connectivity index (χ0) is 9.97. The van der Waals surface area contributed by atoms with Crippen molar-refractivity contribution in [3.05, 3.63) is 28.5 Å². The third-order valence-corrected chi connectivity index (χ3v) is 4.26. The van der Waals surface area contributed by atoms with Gasteiger partial charge in [0.2, 0.25) is 0 Å². The molecule has 2 nitrogen and oxygen atoms in total. The topological polar surface area (TPSA) is 38.9 Å². The Morgan fingerprint density at radius 2 is 2.36 bits per heavy atom. The van der Waals surface area contributed by atoms with Gasteiger partial charge in [-0.1, -0.05) is 0 Å². The first kappa shape index (κ1) is 10.5. The molecule has 2 atom stereocenters. The van der Waals surface area contributed by atoms with E-state index in [-0.39, 0.29) is 0 Å². The Labute approximate surface area is 96.8 Å². The Hall–Kier alpha value is -0.0600. The molecule has 0 aromatic carbocycles. The van der Waals surface area contributed by atoms with Gasteiger partial charge in [0.1, 0.15) is 0 Å². The lowest BCUT2D eigenvalue weighted by Crippen LogP contribution is -2.29. The maximum Gasteiger partial charge on any atom is 0.0413 e. The Kier molecular flexibility index (Phi) is 3.47. The van der Waals surface area contributed by atoms with E-state index in [1.54, 1.807) is 0 Å². The summed E-state index contributed by atoms with van der Waals surface area (Å²) in [7, 11) is 0. The highest BCUT2D eigenvalue weighted by Gasteiger charge is 2.24. The Balaban J connectivity index is 2.00. The van der Waals surface area contributed by atoms with Gasteiger partial charge in [-0.15, -0.1) is 0 Å². The molecule has 2 heterocycles. The van der Waals surface area contributed by atoms with Gasteiger partial charge in [0, 0.05) is 28.2 Å². The molecule has 2 rings (SSSR count). The van der Waals surface area contributed by atoms with Crippen LogP contribution in [0.5, 0.6) is 0 Å². The number of hydrogen-bond donors (Lipinski definition) is 1. The molecule has 0 bridgehead atoms. The minimum atomic E-state index is 0.352. The van der Waals surface area contributed by atoms with Crippen LogP contribution < -0.4 is 5.73 Å². The number of rotatable bonds is 2. The summed E-state index contributed by atoms with van der Waals surface area (Å²) in [5.74, 6) is 2.88. The van der Waals surface area contributed by atoms with Crippen molar-refractivity contribution in [3.63, 3.8) is 0 Å².